The predicted molar refractivity (Wildman–Crippen MR) is 111 cm³/mol. The van der Waals surface area contributed by atoms with E-state index in [0.717, 1.165) is 13.1 Å². The number of nitrogens with zero attached hydrogens (tertiary/aromatic N) is 1. The van der Waals surface area contributed by atoms with E-state index in [0.29, 0.717) is 35.6 Å². The van der Waals surface area contributed by atoms with E-state index in [2.05, 4.69) is 41.4 Å². The molecule has 1 unspecified atom stereocenters. The van der Waals surface area contributed by atoms with Crippen molar-refractivity contribution in [3.05, 3.63) is 63.6 Å². The molecule has 1 atom stereocenters. The number of ether oxygens (including phenoxy) is 2. The van der Waals surface area contributed by atoms with Crippen LogP contribution in [0.2, 0.25) is 10.0 Å². The molecule has 28 heavy (non-hydrogen) atoms. The van der Waals surface area contributed by atoms with Crippen LogP contribution in [0.5, 0.6) is 5.75 Å². The first kappa shape index (κ1) is 20.9. The Morgan fingerprint density at radius 1 is 1.18 bits per heavy atom. The lowest BCUT2D eigenvalue weighted by Crippen LogP contribution is -2.44. The molecule has 5 nitrogen and oxygen atoms in total. The zero-order valence-electron chi connectivity index (χ0n) is 15.8. The van der Waals surface area contributed by atoms with Gasteiger partial charge in [-0.3, -0.25) is 9.69 Å². The van der Waals surface area contributed by atoms with Crippen molar-refractivity contribution in [1.82, 2.24) is 10.2 Å². The lowest BCUT2D eigenvalue weighted by molar-refractivity contribution is -0.123. The zero-order valence-corrected chi connectivity index (χ0v) is 17.3. The molecule has 1 aliphatic heterocycles. The fraction of sp³-hybridized carbons (Fsp3) is 0.381. The second-order valence-corrected chi connectivity index (χ2v) is 7.59. The number of carbonyl (C=O) groups excluding carboxylic acids is 1. The van der Waals surface area contributed by atoms with Gasteiger partial charge in [0, 0.05) is 24.7 Å². The van der Waals surface area contributed by atoms with E-state index >= 15 is 0 Å². The average Bonchev–Trinajstić information content (AvgIpc) is 2.69. The molecule has 1 fully saturated rings. The van der Waals surface area contributed by atoms with Gasteiger partial charge in [0.2, 0.25) is 0 Å². The number of hydrogen-bond donors (Lipinski definition) is 1. The first-order chi connectivity index (χ1) is 13.5. The fourth-order valence-electron chi connectivity index (χ4n) is 3.13. The van der Waals surface area contributed by atoms with Crippen LogP contribution in [-0.2, 0) is 9.53 Å². The van der Waals surface area contributed by atoms with Crippen LogP contribution >= 0.6 is 23.2 Å². The number of rotatable bonds is 7. The molecule has 1 heterocycles. The molecule has 1 aliphatic rings. The SMILES string of the molecule is Cc1ccc(C(CNC(=O)COc2ccc(Cl)cc2Cl)N2CCOCC2)cc1. The molecule has 0 saturated carbocycles. The van der Waals surface area contributed by atoms with E-state index < -0.39 is 0 Å². The van der Waals surface area contributed by atoms with Gasteiger partial charge in [-0.2, -0.15) is 0 Å². The molecule has 3 rings (SSSR count). The van der Waals surface area contributed by atoms with Crippen LogP contribution in [0.25, 0.3) is 0 Å². The number of hydrogen-bond acceptors (Lipinski definition) is 4. The molecule has 150 valence electrons. The Hall–Kier alpha value is -1.79. The van der Waals surface area contributed by atoms with Gasteiger partial charge in [-0.1, -0.05) is 53.0 Å². The Morgan fingerprint density at radius 2 is 1.89 bits per heavy atom. The van der Waals surface area contributed by atoms with Crippen molar-refractivity contribution in [1.29, 1.82) is 0 Å². The van der Waals surface area contributed by atoms with Gasteiger partial charge < -0.3 is 14.8 Å². The van der Waals surface area contributed by atoms with Crippen LogP contribution in [0.15, 0.2) is 42.5 Å². The first-order valence-corrected chi connectivity index (χ1v) is 10.0. The molecule has 1 saturated heterocycles. The van der Waals surface area contributed by atoms with Gasteiger partial charge in [-0.05, 0) is 30.7 Å². The molecular weight excluding hydrogens is 399 g/mol. The smallest absolute Gasteiger partial charge is 0.258 e. The molecule has 0 aliphatic carbocycles. The van der Waals surface area contributed by atoms with Gasteiger partial charge in [0.15, 0.2) is 6.61 Å². The van der Waals surface area contributed by atoms with E-state index in [9.17, 15) is 4.79 Å². The summed E-state index contributed by atoms with van der Waals surface area (Å²) < 4.78 is 11.0. The van der Waals surface area contributed by atoms with Gasteiger partial charge in [-0.25, -0.2) is 0 Å². The number of amides is 1. The van der Waals surface area contributed by atoms with E-state index in [1.807, 2.05) is 0 Å². The molecule has 0 bridgehead atoms. The minimum atomic E-state index is -0.198. The molecule has 7 heteroatoms. The van der Waals surface area contributed by atoms with E-state index in [-0.39, 0.29) is 18.6 Å². The molecule has 0 spiro atoms. The Kier molecular flexibility index (Phi) is 7.57. The van der Waals surface area contributed by atoms with Crippen molar-refractivity contribution >= 4 is 29.1 Å². The van der Waals surface area contributed by atoms with Crippen molar-refractivity contribution in [2.24, 2.45) is 0 Å². The molecule has 0 aromatic heterocycles. The zero-order chi connectivity index (χ0) is 19.9. The Balaban J connectivity index is 1.59. The van der Waals surface area contributed by atoms with Crippen molar-refractivity contribution in [3.8, 4) is 5.75 Å². The van der Waals surface area contributed by atoms with Crippen LogP contribution in [-0.4, -0.2) is 50.3 Å². The lowest BCUT2D eigenvalue weighted by Gasteiger charge is -2.35. The highest BCUT2D eigenvalue weighted by Crippen LogP contribution is 2.27. The van der Waals surface area contributed by atoms with Crippen LogP contribution < -0.4 is 10.1 Å². The third kappa shape index (κ3) is 5.85. The van der Waals surface area contributed by atoms with Crippen LogP contribution in [0, 0.1) is 6.92 Å². The summed E-state index contributed by atoms with van der Waals surface area (Å²) in [6, 6.07) is 13.4. The summed E-state index contributed by atoms with van der Waals surface area (Å²) >= 11 is 11.9. The minimum absolute atomic E-state index is 0.0903. The average molecular weight is 423 g/mol. The van der Waals surface area contributed by atoms with Crippen molar-refractivity contribution in [3.63, 3.8) is 0 Å². The highest BCUT2D eigenvalue weighted by molar-refractivity contribution is 6.35. The quantitative estimate of drug-likeness (QED) is 0.735. The minimum Gasteiger partial charge on any atom is -0.482 e. The summed E-state index contributed by atoms with van der Waals surface area (Å²) in [7, 11) is 0. The van der Waals surface area contributed by atoms with Crippen molar-refractivity contribution in [2.75, 3.05) is 39.5 Å². The van der Waals surface area contributed by atoms with Crippen molar-refractivity contribution < 1.29 is 14.3 Å². The number of nitrogens with one attached hydrogen (secondary N) is 1. The third-order valence-electron chi connectivity index (χ3n) is 4.69. The van der Waals surface area contributed by atoms with Crippen molar-refractivity contribution in [2.45, 2.75) is 13.0 Å². The first-order valence-electron chi connectivity index (χ1n) is 9.26. The van der Waals surface area contributed by atoms with Gasteiger partial charge in [0.05, 0.1) is 24.3 Å². The van der Waals surface area contributed by atoms with Gasteiger partial charge in [0.25, 0.3) is 5.91 Å². The summed E-state index contributed by atoms with van der Waals surface area (Å²) in [4.78, 5) is 14.7. The largest absolute Gasteiger partial charge is 0.482 e. The lowest BCUT2D eigenvalue weighted by atomic mass is 10.0. The molecule has 2 aromatic rings. The standard InChI is InChI=1S/C21H24Cl2N2O3/c1-15-2-4-16(5-3-15)19(25-8-10-27-11-9-25)13-24-21(26)14-28-20-7-6-17(22)12-18(20)23/h2-7,12,19H,8-11,13-14H2,1H3,(H,24,26). The van der Waals surface area contributed by atoms with Gasteiger partial charge in [-0.15, -0.1) is 0 Å². The topological polar surface area (TPSA) is 50.8 Å². The number of halogens is 2. The Labute approximate surface area is 175 Å². The fourth-order valence-corrected chi connectivity index (χ4v) is 3.60. The number of morpholine rings is 1. The normalized spacial score (nSPS) is 15.8. The number of aryl methyl sites for hydroxylation is 1. The van der Waals surface area contributed by atoms with Crippen LogP contribution in [0.4, 0.5) is 0 Å². The monoisotopic (exact) mass is 422 g/mol. The second-order valence-electron chi connectivity index (χ2n) is 6.74. The molecule has 0 radical (unpaired) electrons. The van der Waals surface area contributed by atoms with E-state index in [1.165, 1.54) is 11.1 Å². The van der Waals surface area contributed by atoms with Gasteiger partial charge in [0.1, 0.15) is 5.75 Å². The summed E-state index contributed by atoms with van der Waals surface area (Å²) in [5.74, 6) is 0.237. The number of carbonyl (C=O) groups is 1. The van der Waals surface area contributed by atoms with E-state index in [1.54, 1.807) is 18.2 Å². The molecule has 1 N–H and O–H groups in total. The maximum Gasteiger partial charge on any atom is 0.258 e. The summed E-state index contributed by atoms with van der Waals surface area (Å²) in [5, 5.41) is 3.88. The van der Waals surface area contributed by atoms with E-state index in [4.69, 9.17) is 32.7 Å². The van der Waals surface area contributed by atoms with Crippen LogP contribution in [0.3, 0.4) is 0 Å². The second kappa shape index (κ2) is 10.1. The summed E-state index contributed by atoms with van der Waals surface area (Å²) in [6.45, 7) is 5.54. The van der Waals surface area contributed by atoms with Gasteiger partial charge >= 0.3 is 0 Å². The molecule has 1 amide bonds. The maximum absolute atomic E-state index is 12.3. The third-order valence-corrected chi connectivity index (χ3v) is 5.22. The number of benzene rings is 2. The summed E-state index contributed by atoms with van der Waals surface area (Å²) in [6.07, 6.45) is 0. The molecular formula is C21H24Cl2N2O3. The Morgan fingerprint density at radius 3 is 2.57 bits per heavy atom. The summed E-state index contributed by atoms with van der Waals surface area (Å²) in [5.41, 5.74) is 2.39. The highest BCUT2D eigenvalue weighted by Gasteiger charge is 2.23. The maximum atomic E-state index is 12.3. The van der Waals surface area contributed by atoms with Crippen LogP contribution in [0.1, 0.15) is 17.2 Å². The predicted octanol–water partition coefficient (Wildman–Crippen LogP) is 3.87. The Bertz CT molecular complexity index is 793. The molecule has 2 aromatic carbocycles. The highest BCUT2D eigenvalue weighted by atomic mass is 35.5.